The third-order valence-corrected chi connectivity index (χ3v) is 4.37. The van der Waals surface area contributed by atoms with E-state index in [1.54, 1.807) is 26.2 Å². The molecule has 0 aliphatic heterocycles. The fraction of sp³-hybridized carbons (Fsp3) is 0.389. The molecule has 2 aromatic rings. The quantitative estimate of drug-likeness (QED) is 0.361. The minimum atomic E-state index is -1.93. The molecule has 28 heavy (non-hydrogen) atoms. The van der Waals surface area contributed by atoms with Crippen molar-refractivity contribution < 1.29 is 29.1 Å². The van der Waals surface area contributed by atoms with E-state index in [1.165, 1.54) is 0 Å². The van der Waals surface area contributed by atoms with E-state index in [1.807, 2.05) is 24.3 Å². The lowest BCUT2D eigenvalue weighted by Crippen LogP contribution is -2.45. The smallest absolute Gasteiger partial charge is 0.313 e. The first-order chi connectivity index (χ1) is 13.2. The second-order valence-electron chi connectivity index (χ2n) is 6.55. The van der Waals surface area contributed by atoms with Crippen molar-refractivity contribution in [2.45, 2.75) is 25.3 Å². The Bertz CT molecular complexity index is 900. The van der Waals surface area contributed by atoms with Crippen LogP contribution in [0.25, 0.3) is 10.8 Å². The van der Waals surface area contributed by atoms with Crippen LogP contribution in [0.3, 0.4) is 0 Å². The lowest BCUT2D eigenvalue weighted by Gasteiger charge is -2.20. The van der Waals surface area contributed by atoms with Crippen LogP contribution in [-0.4, -0.2) is 41.8 Å². The summed E-state index contributed by atoms with van der Waals surface area (Å²) in [5.74, 6) is -0.648. The molecule has 0 N–H and O–H groups in total. The van der Waals surface area contributed by atoms with Crippen molar-refractivity contribution in [1.29, 1.82) is 0 Å². The molecule has 2 unspecified atom stereocenters. The average Bonchev–Trinajstić information content (AvgIpc) is 2.68. The highest BCUT2D eigenvalue weighted by atomic mass is 17.0. The average molecular weight is 392 g/mol. The van der Waals surface area contributed by atoms with Gasteiger partial charge in [0, 0.05) is 11.8 Å². The zero-order valence-electron chi connectivity index (χ0n) is 15.6. The Morgan fingerprint density at radius 3 is 2.36 bits per heavy atom. The van der Waals surface area contributed by atoms with E-state index in [2.05, 4.69) is 4.84 Å². The van der Waals surface area contributed by atoms with Gasteiger partial charge in [-0.25, -0.2) is 0 Å². The van der Waals surface area contributed by atoms with Crippen molar-refractivity contribution >= 4 is 16.7 Å². The van der Waals surface area contributed by atoms with Crippen LogP contribution in [0, 0.1) is 20.2 Å². The Kier molecular flexibility index (Phi) is 6.34. The maximum atomic E-state index is 12.3. The number of nitrogens with zero attached hydrogens (tertiary/aromatic N) is 2. The predicted octanol–water partition coefficient (Wildman–Crippen LogP) is 2.74. The molecule has 0 heterocycles. The molecule has 0 spiro atoms. The monoisotopic (exact) mass is 392 g/mol. The fourth-order valence-corrected chi connectivity index (χ4v) is 2.47. The normalized spacial score (nSPS) is 14.0. The molecule has 0 saturated carbocycles. The van der Waals surface area contributed by atoms with E-state index in [0.29, 0.717) is 11.3 Å². The molecule has 0 aliphatic rings. The van der Waals surface area contributed by atoms with Gasteiger partial charge in [0.2, 0.25) is 0 Å². The number of rotatable bonds is 9. The second-order valence-corrected chi connectivity index (χ2v) is 6.55. The van der Waals surface area contributed by atoms with Crippen LogP contribution in [0.2, 0.25) is 0 Å². The van der Waals surface area contributed by atoms with Crippen molar-refractivity contribution in [2.75, 3.05) is 20.3 Å². The van der Waals surface area contributed by atoms with Gasteiger partial charge in [-0.15, -0.1) is 10.1 Å². The highest BCUT2D eigenvalue weighted by Crippen LogP contribution is 2.26. The zero-order valence-corrected chi connectivity index (χ0v) is 15.6. The zero-order chi connectivity index (χ0) is 20.9. The van der Waals surface area contributed by atoms with Gasteiger partial charge in [0.15, 0.2) is 13.2 Å². The molecule has 0 aliphatic carbocycles. The highest BCUT2D eigenvalue weighted by molar-refractivity contribution is 5.86. The topological polar surface area (TPSA) is 131 Å². The van der Waals surface area contributed by atoms with Crippen LogP contribution in [0.5, 0.6) is 5.75 Å². The molecule has 150 valence electrons. The molecule has 2 aromatic carbocycles. The summed E-state index contributed by atoms with van der Waals surface area (Å²) in [5, 5.41) is 22.2. The summed E-state index contributed by atoms with van der Waals surface area (Å²) in [6.45, 7) is 1.25. The molecular weight excluding hydrogens is 372 g/mol. The van der Waals surface area contributed by atoms with Crippen LogP contribution in [-0.2, 0) is 14.4 Å². The van der Waals surface area contributed by atoms with Gasteiger partial charge < -0.3 is 14.3 Å². The van der Waals surface area contributed by atoms with Gasteiger partial charge in [0.05, 0.1) is 13.0 Å². The van der Waals surface area contributed by atoms with Crippen molar-refractivity contribution in [2.24, 2.45) is 0 Å². The first-order valence-electron chi connectivity index (χ1n) is 8.32. The molecular formula is C18H20N2O8. The van der Waals surface area contributed by atoms with E-state index < -0.39 is 40.6 Å². The van der Waals surface area contributed by atoms with E-state index in [4.69, 9.17) is 9.47 Å². The highest BCUT2D eigenvalue weighted by Gasteiger charge is 2.41. The van der Waals surface area contributed by atoms with Crippen LogP contribution in [0.1, 0.15) is 25.3 Å². The van der Waals surface area contributed by atoms with Gasteiger partial charge in [0.25, 0.3) is 10.6 Å². The van der Waals surface area contributed by atoms with Crippen molar-refractivity contribution in [3.8, 4) is 5.75 Å². The summed E-state index contributed by atoms with van der Waals surface area (Å²) in [5.41, 5.74) is -1.26. The van der Waals surface area contributed by atoms with Gasteiger partial charge in [-0.05, 0) is 35.4 Å². The maximum Gasteiger partial charge on any atom is 0.313 e. The summed E-state index contributed by atoms with van der Waals surface area (Å²) < 4.78 is 10.2. The molecule has 2 atom stereocenters. The first kappa shape index (κ1) is 20.9. The van der Waals surface area contributed by atoms with Crippen molar-refractivity contribution in [3.05, 3.63) is 62.2 Å². The standard InChI is InChI=1S/C18H20N2O8/c1-12(13-4-5-15-9-16(26-3)7-6-14(15)8-13)17(21)27-10-18(2,19(22)23)11-28-20(24)25/h4-9,12H,10-11H2,1-3H3. The molecule has 0 aromatic heterocycles. The molecule has 0 amide bonds. The van der Waals surface area contributed by atoms with Crippen LogP contribution in [0.4, 0.5) is 0 Å². The van der Waals surface area contributed by atoms with E-state index >= 15 is 0 Å². The number of fused-ring (bicyclic) bond motifs is 1. The van der Waals surface area contributed by atoms with E-state index in [9.17, 15) is 25.0 Å². The van der Waals surface area contributed by atoms with E-state index in [-0.39, 0.29) is 0 Å². The Balaban J connectivity index is 2.09. The number of hydrogen-bond acceptors (Lipinski definition) is 8. The second kappa shape index (κ2) is 8.51. The number of carbonyl (C=O) groups excluding carboxylic acids is 1. The molecule has 0 saturated heterocycles. The lowest BCUT2D eigenvalue weighted by atomic mass is 9.97. The third kappa shape index (κ3) is 4.84. The third-order valence-electron chi connectivity index (χ3n) is 4.37. The number of ether oxygens (including phenoxy) is 2. The molecule has 0 fully saturated rings. The number of benzene rings is 2. The molecule has 0 bridgehead atoms. The Morgan fingerprint density at radius 2 is 1.75 bits per heavy atom. The Morgan fingerprint density at radius 1 is 1.11 bits per heavy atom. The summed E-state index contributed by atoms with van der Waals surface area (Å²) >= 11 is 0. The van der Waals surface area contributed by atoms with Crippen LogP contribution in [0.15, 0.2) is 36.4 Å². The fourth-order valence-electron chi connectivity index (χ4n) is 2.47. The predicted molar refractivity (Wildman–Crippen MR) is 98.2 cm³/mol. The SMILES string of the molecule is COc1ccc2cc(C(C)C(=O)OCC(C)(CO[N+](=O)[O-])[N+](=O)[O-])ccc2c1. The molecule has 10 heteroatoms. The number of nitro groups is 1. The number of methoxy groups -OCH3 is 1. The largest absolute Gasteiger partial charge is 0.497 e. The van der Waals surface area contributed by atoms with Gasteiger partial charge in [0.1, 0.15) is 5.75 Å². The molecule has 2 rings (SSSR count). The van der Waals surface area contributed by atoms with Crippen LogP contribution >= 0.6 is 0 Å². The van der Waals surface area contributed by atoms with Gasteiger partial charge >= 0.3 is 5.97 Å². The summed E-state index contributed by atoms with van der Waals surface area (Å²) in [4.78, 5) is 37.2. The molecule has 10 nitrogen and oxygen atoms in total. The Hall–Kier alpha value is -3.43. The van der Waals surface area contributed by atoms with Gasteiger partial charge in [-0.3, -0.25) is 14.9 Å². The number of hydrogen-bond donors (Lipinski definition) is 0. The van der Waals surface area contributed by atoms with Crippen molar-refractivity contribution in [3.63, 3.8) is 0 Å². The van der Waals surface area contributed by atoms with Gasteiger partial charge in [-0.1, -0.05) is 24.3 Å². The maximum absolute atomic E-state index is 12.3. The molecule has 0 radical (unpaired) electrons. The van der Waals surface area contributed by atoms with E-state index in [0.717, 1.165) is 17.7 Å². The summed E-state index contributed by atoms with van der Waals surface area (Å²) in [6, 6.07) is 10.9. The van der Waals surface area contributed by atoms with Crippen molar-refractivity contribution in [1.82, 2.24) is 0 Å². The first-order valence-corrected chi connectivity index (χ1v) is 8.32. The summed E-state index contributed by atoms with van der Waals surface area (Å²) in [6.07, 6.45) is 0. The number of carbonyl (C=O) groups is 1. The minimum absolute atomic E-state index is 0.651. The lowest BCUT2D eigenvalue weighted by molar-refractivity contribution is -0.770. The summed E-state index contributed by atoms with van der Waals surface area (Å²) in [7, 11) is 1.57. The van der Waals surface area contributed by atoms with Crippen LogP contribution < -0.4 is 4.74 Å². The number of esters is 1. The Labute approximate surface area is 160 Å². The van der Waals surface area contributed by atoms with Gasteiger partial charge in [-0.2, -0.15) is 0 Å². The minimum Gasteiger partial charge on any atom is -0.497 e.